The second-order valence-corrected chi connectivity index (χ2v) is 5.74. The van der Waals surface area contributed by atoms with Crippen LogP contribution >= 0.6 is 11.6 Å². The summed E-state index contributed by atoms with van der Waals surface area (Å²) in [5, 5.41) is -0.433. The molecular formula is C17H14ClNO3. The number of hydrogen-bond acceptors (Lipinski definition) is 3. The molecule has 22 heavy (non-hydrogen) atoms. The van der Waals surface area contributed by atoms with Gasteiger partial charge in [-0.15, -0.1) is 0 Å². The largest absolute Gasteiger partial charge is 0.454 e. The molecule has 4 rings (SSSR count). The lowest BCUT2D eigenvalue weighted by Gasteiger charge is -2.36. The molecule has 2 aromatic rings. The molecule has 1 atom stereocenters. The number of hydrogen-bond donors (Lipinski definition) is 0. The topological polar surface area (TPSA) is 38.8 Å². The molecule has 2 aromatic carbocycles. The summed E-state index contributed by atoms with van der Waals surface area (Å²) in [6.45, 7) is 0.834. The molecule has 2 heterocycles. The standard InChI is InChI=1S/C17H14ClNO3/c18-17(20)19-7-6-12-8-14-15(22-10-21-14)9-13(12)16(19)11-4-2-1-3-5-11/h1-5,8-9,16H,6-7,10H2. The molecular weight excluding hydrogens is 302 g/mol. The molecule has 0 spiro atoms. The summed E-state index contributed by atoms with van der Waals surface area (Å²) in [6.07, 6.45) is 0.758. The molecule has 0 aromatic heterocycles. The monoisotopic (exact) mass is 315 g/mol. The SMILES string of the molecule is O=C(Cl)N1CCc2cc3c(cc2C1c1ccccc1)OCO3. The smallest absolute Gasteiger partial charge is 0.317 e. The molecule has 0 radical (unpaired) electrons. The van der Waals surface area contributed by atoms with E-state index < -0.39 is 5.37 Å². The van der Waals surface area contributed by atoms with Gasteiger partial charge >= 0.3 is 5.37 Å². The molecule has 112 valence electrons. The number of amides is 1. The fraction of sp³-hybridized carbons (Fsp3) is 0.235. The van der Waals surface area contributed by atoms with Crippen molar-refractivity contribution >= 4 is 17.0 Å². The lowest BCUT2D eigenvalue weighted by atomic mass is 9.88. The predicted octanol–water partition coefficient (Wildman–Crippen LogP) is 3.72. The number of carbonyl (C=O) groups is 1. The van der Waals surface area contributed by atoms with Gasteiger partial charge < -0.3 is 14.4 Å². The van der Waals surface area contributed by atoms with Crippen LogP contribution < -0.4 is 9.47 Å². The van der Waals surface area contributed by atoms with Crippen LogP contribution in [0.5, 0.6) is 11.5 Å². The van der Waals surface area contributed by atoms with Crippen LogP contribution in [-0.2, 0) is 6.42 Å². The Morgan fingerprint density at radius 1 is 1.14 bits per heavy atom. The van der Waals surface area contributed by atoms with E-state index in [1.807, 2.05) is 42.5 Å². The van der Waals surface area contributed by atoms with Crippen LogP contribution in [0.2, 0.25) is 0 Å². The molecule has 0 saturated heterocycles. The highest BCUT2D eigenvalue weighted by molar-refractivity contribution is 6.62. The minimum atomic E-state index is -0.433. The summed E-state index contributed by atoms with van der Waals surface area (Å²) in [4.78, 5) is 13.6. The van der Waals surface area contributed by atoms with Gasteiger partial charge in [0.2, 0.25) is 6.79 Å². The molecule has 0 aliphatic carbocycles. The zero-order chi connectivity index (χ0) is 15.1. The van der Waals surface area contributed by atoms with Crippen molar-refractivity contribution < 1.29 is 14.3 Å². The summed E-state index contributed by atoms with van der Waals surface area (Å²) in [5.74, 6) is 1.50. The van der Waals surface area contributed by atoms with Crippen molar-refractivity contribution in [2.45, 2.75) is 12.5 Å². The number of nitrogens with zero attached hydrogens (tertiary/aromatic N) is 1. The van der Waals surface area contributed by atoms with Crippen molar-refractivity contribution in [1.82, 2.24) is 4.90 Å². The van der Waals surface area contributed by atoms with Gasteiger partial charge in [0.1, 0.15) is 0 Å². The van der Waals surface area contributed by atoms with Gasteiger partial charge in [-0.05, 0) is 46.8 Å². The zero-order valence-electron chi connectivity index (χ0n) is 11.8. The van der Waals surface area contributed by atoms with E-state index >= 15 is 0 Å². The summed E-state index contributed by atoms with van der Waals surface area (Å²) in [6, 6.07) is 13.7. The van der Waals surface area contributed by atoms with Gasteiger partial charge in [-0.3, -0.25) is 4.79 Å². The van der Waals surface area contributed by atoms with Gasteiger partial charge in [-0.25, -0.2) is 0 Å². The summed E-state index contributed by atoms with van der Waals surface area (Å²) in [5.41, 5.74) is 3.26. The fourth-order valence-electron chi connectivity index (χ4n) is 3.19. The third kappa shape index (κ3) is 2.11. The van der Waals surface area contributed by atoms with E-state index in [1.54, 1.807) is 4.90 Å². The quantitative estimate of drug-likeness (QED) is 0.594. The molecule has 5 heteroatoms. The zero-order valence-corrected chi connectivity index (χ0v) is 12.5. The van der Waals surface area contributed by atoms with Crippen LogP contribution in [0.3, 0.4) is 0 Å². The van der Waals surface area contributed by atoms with E-state index in [1.165, 1.54) is 5.56 Å². The van der Waals surface area contributed by atoms with Crippen molar-refractivity contribution in [1.29, 1.82) is 0 Å². The maximum Gasteiger partial charge on any atom is 0.317 e. The average molecular weight is 316 g/mol. The van der Waals surface area contributed by atoms with Crippen LogP contribution in [0.25, 0.3) is 0 Å². The van der Waals surface area contributed by atoms with Gasteiger partial charge in [0.25, 0.3) is 0 Å². The minimum Gasteiger partial charge on any atom is -0.454 e. The first-order chi connectivity index (χ1) is 10.7. The van der Waals surface area contributed by atoms with E-state index in [4.69, 9.17) is 21.1 Å². The molecule has 0 fully saturated rings. The van der Waals surface area contributed by atoms with Gasteiger partial charge in [-0.1, -0.05) is 30.3 Å². The highest BCUT2D eigenvalue weighted by atomic mass is 35.5. The first-order valence-electron chi connectivity index (χ1n) is 7.17. The van der Waals surface area contributed by atoms with E-state index in [2.05, 4.69) is 0 Å². The highest BCUT2D eigenvalue weighted by Gasteiger charge is 2.33. The maximum atomic E-state index is 11.9. The fourth-order valence-corrected chi connectivity index (χ4v) is 3.38. The Morgan fingerprint density at radius 2 is 1.86 bits per heavy atom. The molecule has 1 unspecified atom stereocenters. The second-order valence-electron chi connectivity index (χ2n) is 5.41. The van der Waals surface area contributed by atoms with E-state index in [-0.39, 0.29) is 12.8 Å². The van der Waals surface area contributed by atoms with Crippen molar-refractivity contribution in [3.05, 3.63) is 59.2 Å². The number of rotatable bonds is 1. The van der Waals surface area contributed by atoms with E-state index in [0.29, 0.717) is 6.54 Å². The van der Waals surface area contributed by atoms with Gasteiger partial charge in [0, 0.05) is 6.54 Å². The lowest BCUT2D eigenvalue weighted by Crippen LogP contribution is -2.37. The van der Waals surface area contributed by atoms with Crippen molar-refractivity contribution in [3.8, 4) is 11.5 Å². The van der Waals surface area contributed by atoms with Crippen LogP contribution in [0.4, 0.5) is 4.79 Å². The first kappa shape index (κ1) is 13.5. The molecule has 4 nitrogen and oxygen atoms in total. The Labute approximate surface area is 133 Å². The predicted molar refractivity (Wildman–Crippen MR) is 82.5 cm³/mol. The molecule has 2 aliphatic rings. The number of benzene rings is 2. The number of ether oxygens (including phenoxy) is 2. The molecule has 0 saturated carbocycles. The average Bonchev–Trinajstić information content (AvgIpc) is 2.99. The Hall–Kier alpha value is -2.20. The van der Waals surface area contributed by atoms with E-state index in [0.717, 1.165) is 29.0 Å². The third-order valence-electron chi connectivity index (χ3n) is 4.20. The third-order valence-corrected chi connectivity index (χ3v) is 4.42. The number of fused-ring (bicyclic) bond motifs is 2. The molecule has 0 N–H and O–H groups in total. The van der Waals surface area contributed by atoms with Crippen LogP contribution in [0, 0.1) is 0 Å². The molecule has 0 bridgehead atoms. The van der Waals surface area contributed by atoms with E-state index in [9.17, 15) is 4.79 Å². The number of halogens is 1. The Bertz CT molecular complexity index is 732. The van der Waals surface area contributed by atoms with Crippen LogP contribution in [0.1, 0.15) is 22.7 Å². The van der Waals surface area contributed by atoms with Crippen molar-refractivity contribution in [2.75, 3.05) is 13.3 Å². The Balaban J connectivity index is 1.87. The number of carbonyl (C=O) groups excluding carboxylic acids is 1. The lowest BCUT2D eigenvalue weighted by molar-refractivity contribution is 0.174. The molecule has 2 aliphatic heterocycles. The second kappa shape index (κ2) is 5.21. The van der Waals surface area contributed by atoms with Crippen molar-refractivity contribution in [3.63, 3.8) is 0 Å². The van der Waals surface area contributed by atoms with Gasteiger partial charge in [-0.2, -0.15) is 0 Å². The highest BCUT2D eigenvalue weighted by Crippen LogP contribution is 2.42. The summed E-state index contributed by atoms with van der Waals surface area (Å²) in [7, 11) is 0. The minimum absolute atomic E-state index is 0.190. The Morgan fingerprint density at radius 3 is 2.59 bits per heavy atom. The first-order valence-corrected chi connectivity index (χ1v) is 7.55. The Kier molecular flexibility index (Phi) is 3.19. The van der Waals surface area contributed by atoms with Crippen LogP contribution in [0.15, 0.2) is 42.5 Å². The van der Waals surface area contributed by atoms with Gasteiger partial charge in [0.05, 0.1) is 6.04 Å². The molecule has 1 amide bonds. The summed E-state index contributed by atoms with van der Waals surface area (Å²) < 4.78 is 10.9. The normalized spacial score (nSPS) is 19.0. The maximum absolute atomic E-state index is 11.9. The summed E-state index contributed by atoms with van der Waals surface area (Å²) >= 11 is 5.82. The van der Waals surface area contributed by atoms with Gasteiger partial charge in [0.15, 0.2) is 11.5 Å². The van der Waals surface area contributed by atoms with Crippen LogP contribution in [-0.4, -0.2) is 23.6 Å². The van der Waals surface area contributed by atoms with Crippen molar-refractivity contribution in [2.24, 2.45) is 0 Å².